The number of carbonyl (C=O) groups is 1. The lowest BCUT2D eigenvalue weighted by molar-refractivity contribution is -0.671. The van der Waals surface area contributed by atoms with Gasteiger partial charge in [-0.15, -0.1) is 0 Å². The van der Waals surface area contributed by atoms with Crippen LogP contribution in [-0.4, -0.2) is 11.1 Å². The van der Waals surface area contributed by atoms with Crippen LogP contribution in [0.2, 0.25) is 0 Å². The summed E-state index contributed by atoms with van der Waals surface area (Å²) in [6.45, 7) is 1.78. The van der Waals surface area contributed by atoms with Crippen molar-refractivity contribution in [3.8, 4) is 0 Å². The lowest BCUT2D eigenvalue weighted by Crippen LogP contribution is -2.28. The Morgan fingerprint density at radius 3 is 2.73 bits per heavy atom. The zero-order valence-electron chi connectivity index (χ0n) is 6.53. The maximum atomic E-state index is 10.6. The van der Waals surface area contributed by atoms with Crippen LogP contribution in [0.25, 0.3) is 0 Å². The quantitative estimate of drug-likeness (QED) is 0.596. The van der Waals surface area contributed by atoms with E-state index in [1.54, 1.807) is 30.8 Å². The van der Waals surface area contributed by atoms with Crippen LogP contribution < -0.4 is 4.57 Å². The Labute approximate surface area is 64.9 Å². The van der Waals surface area contributed by atoms with Crippen LogP contribution in [0.1, 0.15) is 15.9 Å². The summed E-state index contributed by atoms with van der Waals surface area (Å²) in [5.41, 5.74) is 1.14. The van der Waals surface area contributed by atoms with Crippen molar-refractivity contribution in [1.82, 2.24) is 0 Å². The number of aromatic carboxylic acids is 1. The van der Waals surface area contributed by atoms with Gasteiger partial charge in [0.1, 0.15) is 12.6 Å². The first-order valence-corrected chi connectivity index (χ1v) is 3.30. The van der Waals surface area contributed by atoms with Gasteiger partial charge < -0.3 is 5.11 Å². The smallest absolute Gasteiger partial charge is 0.342 e. The van der Waals surface area contributed by atoms with E-state index in [-0.39, 0.29) is 0 Å². The summed E-state index contributed by atoms with van der Waals surface area (Å²) in [4.78, 5) is 10.6. The molecule has 3 nitrogen and oxygen atoms in total. The van der Waals surface area contributed by atoms with Crippen molar-refractivity contribution in [2.45, 2.75) is 6.92 Å². The molecule has 1 rings (SSSR count). The Bertz CT molecular complexity index is 294. The molecule has 58 valence electrons. The molecule has 0 aliphatic heterocycles. The maximum absolute atomic E-state index is 10.6. The molecule has 11 heavy (non-hydrogen) atoms. The lowest BCUT2D eigenvalue weighted by atomic mass is 10.2. The molecule has 0 bridgehead atoms. The average molecular weight is 152 g/mol. The Morgan fingerprint density at radius 2 is 2.27 bits per heavy atom. The largest absolute Gasteiger partial charge is 0.477 e. The highest BCUT2D eigenvalue weighted by Crippen LogP contribution is 2.02. The van der Waals surface area contributed by atoms with E-state index in [4.69, 9.17) is 5.11 Å². The standard InChI is InChI=1S/C8H9NO2/c1-6-3-4-9(2)5-7(6)8(10)11/h3-5H,1-2H3/p+1. The molecule has 0 aliphatic carbocycles. The second kappa shape index (κ2) is 2.70. The van der Waals surface area contributed by atoms with Crippen molar-refractivity contribution >= 4 is 5.97 Å². The van der Waals surface area contributed by atoms with Gasteiger partial charge in [-0.1, -0.05) is 0 Å². The summed E-state index contributed by atoms with van der Waals surface area (Å²) in [6.07, 6.45) is 3.42. The highest BCUT2D eigenvalue weighted by atomic mass is 16.4. The van der Waals surface area contributed by atoms with Gasteiger partial charge in [-0.25, -0.2) is 9.36 Å². The molecule has 0 unspecified atom stereocenters. The number of hydrogen-bond donors (Lipinski definition) is 1. The number of carboxylic acid groups (broad SMARTS) is 1. The van der Waals surface area contributed by atoms with Crippen molar-refractivity contribution in [3.05, 3.63) is 29.6 Å². The van der Waals surface area contributed by atoms with Crippen LogP contribution in [0.4, 0.5) is 0 Å². The van der Waals surface area contributed by atoms with Gasteiger partial charge in [0, 0.05) is 6.07 Å². The van der Waals surface area contributed by atoms with Gasteiger partial charge in [0.15, 0.2) is 12.4 Å². The van der Waals surface area contributed by atoms with E-state index in [1.165, 1.54) is 0 Å². The summed E-state index contributed by atoms with van der Waals surface area (Å²) in [5, 5.41) is 8.68. The third-order valence-corrected chi connectivity index (χ3v) is 1.55. The highest BCUT2D eigenvalue weighted by molar-refractivity contribution is 5.88. The van der Waals surface area contributed by atoms with Gasteiger partial charge in [-0.3, -0.25) is 0 Å². The zero-order valence-corrected chi connectivity index (χ0v) is 6.53. The number of aromatic nitrogens is 1. The Balaban J connectivity index is 3.23. The minimum Gasteiger partial charge on any atom is -0.477 e. The second-order valence-electron chi connectivity index (χ2n) is 2.51. The summed E-state index contributed by atoms with van der Waals surface area (Å²) in [5.74, 6) is -0.876. The molecule has 0 radical (unpaired) electrons. The van der Waals surface area contributed by atoms with E-state index in [1.807, 2.05) is 6.20 Å². The number of nitrogens with zero attached hydrogens (tertiary/aromatic N) is 1. The number of pyridine rings is 1. The monoisotopic (exact) mass is 152 g/mol. The van der Waals surface area contributed by atoms with Crippen LogP contribution >= 0.6 is 0 Å². The van der Waals surface area contributed by atoms with Gasteiger partial charge in [-0.2, -0.15) is 0 Å². The molecule has 0 saturated heterocycles. The lowest BCUT2D eigenvalue weighted by Gasteiger charge is -1.95. The third-order valence-electron chi connectivity index (χ3n) is 1.55. The van der Waals surface area contributed by atoms with Crippen molar-refractivity contribution in [1.29, 1.82) is 0 Å². The normalized spacial score (nSPS) is 9.64. The van der Waals surface area contributed by atoms with Crippen molar-refractivity contribution < 1.29 is 14.5 Å². The molecule has 0 fully saturated rings. The predicted molar refractivity (Wildman–Crippen MR) is 39.3 cm³/mol. The Hall–Kier alpha value is -1.38. The van der Waals surface area contributed by atoms with Crippen molar-refractivity contribution in [2.75, 3.05) is 0 Å². The minimum atomic E-state index is -0.876. The predicted octanol–water partition coefficient (Wildman–Crippen LogP) is 0.518. The topological polar surface area (TPSA) is 41.2 Å². The van der Waals surface area contributed by atoms with E-state index >= 15 is 0 Å². The van der Waals surface area contributed by atoms with Crippen molar-refractivity contribution in [3.63, 3.8) is 0 Å². The molecule has 1 aromatic heterocycles. The molecule has 1 aromatic rings. The molecular weight excluding hydrogens is 142 g/mol. The zero-order chi connectivity index (χ0) is 8.43. The van der Waals surface area contributed by atoms with Gasteiger partial charge in [-0.05, 0) is 12.5 Å². The summed E-state index contributed by atoms with van der Waals surface area (Å²) < 4.78 is 1.72. The summed E-state index contributed by atoms with van der Waals surface area (Å²) in [7, 11) is 1.80. The molecule has 0 aliphatic rings. The number of aryl methyl sites for hydroxylation is 2. The fraction of sp³-hybridized carbons (Fsp3) is 0.250. The molecular formula is C8H10NO2+. The molecule has 3 heteroatoms. The highest BCUT2D eigenvalue weighted by Gasteiger charge is 2.09. The summed E-state index contributed by atoms with van der Waals surface area (Å²) in [6, 6.07) is 1.78. The van der Waals surface area contributed by atoms with Gasteiger partial charge in [0.25, 0.3) is 0 Å². The summed E-state index contributed by atoms with van der Waals surface area (Å²) >= 11 is 0. The fourth-order valence-electron chi connectivity index (χ4n) is 0.892. The van der Waals surface area contributed by atoms with Crippen LogP contribution in [0.5, 0.6) is 0 Å². The van der Waals surface area contributed by atoms with Gasteiger partial charge in [0.2, 0.25) is 0 Å². The minimum absolute atomic E-state index is 0.356. The molecule has 0 amide bonds. The van der Waals surface area contributed by atoms with Gasteiger partial charge >= 0.3 is 5.97 Å². The molecule has 0 aromatic carbocycles. The Morgan fingerprint density at radius 1 is 1.64 bits per heavy atom. The molecule has 1 N–H and O–H groups in total. The van der Waals surface area contributed by atoms with E-state index < -0.39 is 5.97 Å². The first-order valence-electron chi connectivity index (χ1n) is 3.30. The number of hydrogen-bond acceptors (Lipinski definition) is 1. The first-order chi connectivity index (χ1) is 5.11. The van der Waals surface area contributed by atoms with E-state index in [0.717, 1.165) is 5.56 Å². The van der Waals surface area contributed by atoms with Crippen LogP contribution in [0.15, 0.2) is 18.5 Å². The van der Waals surface area contributed by atoms with Crippen LogP contribution in [-0.2, 0) is 7.05 Å². The average Bonchev–Trinajstić information content (AvgIpc) is 1.94. The Kier molecular flexibility index (Phi) is 1.89. The van der Waals surface area contributed by atoms with Gasteiger partial charge in [0.05, 0.1) is 0 Å². The number of carboxylic acids is 1. The molecule has 1 heterocycles. The number of rotatable bonds is 1. The first kappa shape index (κ1) is 7.72. The third kappa shape index (κ3) is 1.55. The maximum Gasteiger partial charge on any atom is 0.342 e. The van der Waals surface area contributed by atoms with Crippen molar-refractivity contribution in [2.24, 2.45) is 7.05 Å². The van der Waals surface area contributed by atoms with E-state index in [2.05, 4.69) is 0 Å². The SMILES string of the molecule is Cc1cc[n+](C)cc1C(=O)O. The van der Waals surface area contributed by atoms with Crippen LogP contribution in [0.3, 0.4) is 0 Å². The fourth-order valence-corrected chi connectivity index (χ4v) is 0.892. The van der Waals surface area contributed by atoms with E-state index in [9.17, 15) is 4.79 Å². The van der Waals surface area contributed by atoms with Crippen LogP contribution in [0, 0.1) is 6.92 Å². The molecule has 0 saturated carbocycles. The second-order valence-corrected chi connectivity index (χ2v) is 2.51. The molecule has 0 spiro atoms. The molecule has 0 atom stereocenters. The van der Waals surface area contributed by atoms with E-state index in [0.29, 0.717) is 5.56 Å².